The summed E-state index contributed by atoms with van der Waals surface area (Å²) in [6, 6.07) is 9.58. The summed E-state index contributed by atoms with van der Waals surface area (Å²) in [6.07, 6.45) is 14.9. The van der Waals surface area contributed by atoms with Crippen molar-refractivity contribution >= 4 is 22.9 Å². The van der Waals surface area contributed by atoms with Crippen molar-refractivity contribution in [3.05, 3.63) is 97.0 Å². The molecule has 1 aliphatic heterocycles. The van der Waals surface area contributed by atoms with Crippen molar-refractivity contribution in [1.29, 1.82) is 5.26 Å². The normalized spacial score (nSPS) is 13.6. The van der Waals surface area contributed by atoms with Crippen LogP contribution in [0.5, 0.6) is 0 Å². The third kappa shape index (κ3) is 4.64. The summed E-state index contributed by atoms with van der Waals surface area (Å²) < 4.78 is 14.6. The molecular formula is C27H22FN11. The maximum absolute atomic E-state index is 13.2. The van der Waals surface area contributed by atoms with Gasteiger partial charge in [0.15, 0.2) is 17.3 Å². The zero-order chi connectivity index (χ0) is 26.9. The van der Waals surface area contributed by atoms with Gasteiger partial charge in [0, 0.05) is 61.6 Å². The van der Waals surface area contributed by atoms with Crippen molar-refractivity contribution in [3.8, 4) is 23.0 Å². The largest absolute Gasteiger partial charge is 0.363 e. The number of hydrogen-bond acceptors (Lipinski definition) is 9. The number of anilines is 2. The third-order valence-electron chi connectivity index (χ3n) is 6.27. The van der Waals surface area contributed by atoms with Gasteiger partial charge in [-0.3, -0.25) is 4.90 Å². The molecule has 0 radical (unpaired) electrons. The van der Waals surface area contributed by atoms with E-state index >= 15 is 0 Å². The molecule has 1 atom stereocenters. The Labute approximate surface area is 222 Å². The molecule has 2 N–H and O–H groups in total. The summed E-state index contributed by atoms with van der Waals surface area (Å²) in [5, 5.41) is 17.1. The highest BCUT2D eigenvalue weighted by molar-refractivity contribution is 5.94. The van der Waals surface area contributed by atoms with E-state index in [9.17, 15) is 9.65 Å². The molecule has 0 saturated heterocycles. The number of imidazole rings is 1. The molecule has 6 rings (SSSR count). The van der Waals surface area contributed by atoms with Crippen molar-refractivity contribution in [3.63, 3.8) is 0 Å². The van der Waals surface area contributed by atoms with Crippen LogP contribution in [0, 0.1) is 17.1 Å². The van der Waals surface area contributed by atoms with Crippen LogP contribution >= 0.6 is 0 Å². The average Bonchev–Trinajstić information content (AvgIpc) is 3.60. The lowest BCUT2D eigenvalue weighted by atomic mass is 10.0. The van der Waals surface area contributed by atoms with E-state index < -0.39 is 5.82 Å². The number of hydrogen-bond donors (Lipinski definition) is 2. The fourth-order valence-corrected chi connectivity index (χ4v) is 4.19. The Balaban J connectivity index is 1.24. The van der Waals surface area contributed by atoms with Gasteiger partial charge in [-0.1, -0.05) is 6.07 Å². The number of fused-ring (bicyclic) bond motifs is 1. The molecule has 0 fully saturated rings. The SMILES string of the molecule is C[C@H](Nc1ccc(-c2c(C#N)cnc3nc(N4C=CN(C)C=C4)[nH]c23)cn1)c1ccc(-n2cc(F)cn2)nc1. The smallest absolute Gasteiger partial charge is 0.213 e. The Hall–Kier alpha value is -5.57. The summed E-state index contributed by atoms with van der Waals surface area (Å²) in [5.74, 6) is 1.35. The van der Waals surface area contributed by atoms with Crippen molar-refractivity contribution in [2.75, 3.05) is 17.3 Å². The molecule has 5 aromatic rings. The number of nitriles is 1. The summed E-state index contributed by atoms with van der Waals surface area (Å²) >= 11 is 0. The van der Waals surface area contributed by atoms with Crippen molar-refractivity contribution in [2.24, 2.45) is 0 Å². The van der Waals surface area contributed by atoms with Crippen LogP contribution in [0.2, 0.25) is 0 Å². The minimum atomic E-state index is -0.419. The molecule has 6 heterocycles. The highest BCUT2D eigenvalue weighted by Crippen LogP contribution is 2.32. The number of aromatic amines is 1. The van der Waals surface area contributed by atoms with Gasteiger partial charge in [-0.15, -0.1) is 0 Å². The van der Waals surface area contributed by atoms with Gasteiger partial charge in [-0.2, -0.15) is 15.3 Å². The van der Waals surface area contributed by atoms with Gasteiger partial charge in [0.25, 0.3) is 0 Å². The molecule has 0 spiro atoms. The van der Waals surface area contributed by atoms with Gasteiger partial charge in [0.2, 0.25) is 5.95 Å². The van der Waals surface area contributed by atoms with Gasteiger partial charge < -0.3 is 15.2 Å². The van der Waals surface area contributed by atoms with Gasteiger partial charge >= 0.3 is 0 Å². The maximum Gasteiger partial charge on any atom is 0.213 e. The maximum atomic E-state index is 13.2. The van der Waals surface area contributed by atoms with Crippen LogP contribution in [-0.2, 0) is 0 Å². The van der Waals surface area contributed by atoms with Gasteiger partial charge in [0.05, 0.1) is 29.5 Å². The molecule has 1 aliphatic rings. The van der Waals surface area contributed by atoms with Crippen LogP contribution in [0.25, 0.3) is 28.1 Å². The highest BCUT2D eigenvalue weighted by atomic mass is 19.1. The zero-order valence-electron chi connectivity index (χ0n) is 21.0. The first-order valence-electron chi connectivity index (χ1n) is 12.0. The molecule has 0 aromatic carbocycles. The van der Waals surface area contributed by atoms with E-state index in [1.807, 2.05) is 66.8 Å². The minimum Gasteiger partial charge on any atom is -0.363 e. The number of pyridine rings is 3. The van der Waals surface area contributed by atoms with Crippen molar-refractivity contribution in [2.45, 2.75) is 13.0 Å². The molecule has 11 nitrogen and oxygen atoms in total. The third-order valence-corrected chi connectivity index (χ3v) is 6.27. The molecule has 0 bridgehead atoms. The Morgan fingerprint density at radius 1 is 1.00 bits per heavy atom. The Bertz CT molecular complexity index is 1730. The molecule has 12 heteroatoms. The van der Waals surface area contributed by atoms with Crippen molar-refractivity contribution in [1.82, 2.24) is 39.6 Å². The van der Waals surface area contributed by atoms with Crippen LogP contribution < -0.4 is 10.2 Å². The lowest BCUT2D eigenvalue weighted by molar-refractivity contribution is 0.611. The first kappa shape index (κ1) is 23.8. The number of aromatic nitrogens is 7. The number of H-pyrrole nitrogens is 1. The fourth-order valence-electron chi connectivity index (χ4n) is 4.19. The molecule has 5 aromatic heterocycles. The monoisotopic (exact) mass is 519 g/mol. The molecular weight excluding hydrogens is 497 g/mol. The second kappa shape index (κ2) is 9.71. The zero-order valence-corrected chi connectivity index (χ0v) is 21.0. The van der Waals surface area contributed by atoms with Gasteiger partial charge in [-0.25, -0.2) is 24.0 Å². The van der Waals surface area contributed by atoms with E-state index in [-0.39, 0.29) is 6.04 Å². The quantitative estimate of drug-likeness (QED) is 0.334. The van der Waals surface area contributed by atoms with Crippen LogP contribution in [0.15, 0.2) is 80.0 Å². The summed E-state index contributed by atoms with van der Waals surface area (Å²) in [6.45, 7) is 1.99. The average molecular weight is 520 g/mol. The van der Waals surface area contributed by atoms with Crippen LogP contribution in [0.4, 0.5) is 16.2 Å². The Morgan fingerprint density at radius 2 is 1.85 bits per heavy atom. The van der Waals surface area contributed by atoms with Crippen LogP contribution in [0.3, 0.4) is 0 Å². The number of nitrogens with zero attached hydrogens (tertiary/aromatic N) is 9. The molecule has 0 aliphatic carbocycles. The number of nitrogens with one attached hydrogen (secondary N) is 2. The van der Waals surface area contributed by atoms with E-state index in [0.29, 0.717) is 39.9 Å². The number of rotatable bonds is 6. The van der Waals surface area contributed by atoms with Crippen LogP contribution in [-0.4, -0.2) is 46.6 Å². The van der Waals surface area contributed by atoms with E-state index in [1.165, 1.54) is 17.1 Å². The molecule has 0 unspecified atom stereocenters. The second-order valence-electron chi connectivity index (χ2n) is 8.94. The van der Waals surface area contributed by atoms with Gasteiger partial charge in [0.1, 0.15) is 11.9 Å². The summed E-state index contributed by atoms with van der Waals surface area (Å²) in [7, 11) is 1.94. The Morgan fingerprint density at radius 3 is 2.51 bits per heavy atom. The first-order valence-corrected chi connectivity index (χ1v) is 12.0. The van der Waals surface area contributed by atoms with Gasteiger partial charge in [-0.05, 0) is 30.7 Å². The second-order valence-corrected chi connectivity index (χ2v) is 8.94. The topological polar surface area (TPSA) is 127 Å². The van der Waals surface area contributed by atoms with Crippen LogP contribution in [0.1, 0.15) is 24.1 Å². The van der Waals surface area contributed by atoms with E-state index in [4.69, 9.17) is 0 Å². The Kier molecular flexibility index (Phi) is 5.93. The molecule has 39 heavy (non-hydrogen) atoms. The van der Waals surface area contributed by atoms with E-state index in [2.05, 4.69) is 41.4 Å². The molecule has 192 valence electrons. The fraction of sp³-hybridized carbons (Fsp3) is 0.111. The highest BCUT2D eigenvalue weighted by Gasteiger charge is 2.18. The number of halogens is 1. The molecule has 0 amide bonds. The summed E-state index contributed by atoms with van der Waals surface area (Å²) in [4.78, 5) is 25.0. The predicted molar refractivity (Wildman–Crippen MR) is 144 cm³/mol. The standard InChI is InChI=1S/C27H22FN11/c1-17(18-4-6-23(31-12-18)39-16-21(28)15-33-39)34-22-5-3-19(13-30-22)24-20(11-29)14-32-26-25(24)35-27(36-26)38-9-7-37(2)8-10-38/h3-10,12-17H,1-2H3,(H,30,34)(H,32,35,36)/t17-/m0/s1. The van der Waals surface area contributed by atoms with E-state index in [0.717, 1.165) is 17.3 Å². The van der Waals surface area contributed by atoms with E-state index in [1.54, 1.807) is 18.5 Å². The minimum absolute atomic E-state index is 0.0959. The lowest BCUT2D eigenvalue weighted by Crippen LogP contribution is -2.17. The molecule has 0 saturated carbocycles. The lowest BCUT2D eigenvalue weighted by Gasteiger charge is -2.19. The predicted octanol–water partition coefficient (Wildman–Crippen LogP) is 4.48. The summed E-state index contributed by atoms with van der Waals surface area (Å²) in [5.41, 5.74) is 3.95. The van der Waals surface area contributed by atoms with Crippen molar-refractivity contribution < 1.29 is 4.39 Å². The first-order chi connectivity index (χ1) is 19.0.